The smallest absolute Gasteiger partial charge is 0.0771 e. The zero-order chi connectivity index (χ0) is 7.61. The molecule has 0 unspecified atom stereocenters. The lowest BCUT2D eigenvalue weighted by molar-refractivity contribution is -0.0245. The van der Waals surface area contributed by atoms with Crippen LogP contribution in [-0.2, 0) is 0 Å². The second-order valence-electron chi connectivity index (χ2n) is 3.16. The van der Waals surface area contributed by atoms with E-state index in [4.69, 9.17) is 10.8 Å². The fraction of sp³-hybridized carbons (Fsp3) is 1.00. The van der Waals surface area contributed by atoms with Gasteiger partial charge in [-0.1, -0.05) is 0 Å². The molecule has 0 atom stereocenters. The van der Waals surface area contributed by atoms with E-state index < -0.39 is 5.60 Å². The van der Waals surface area contributed by atoms with E-state index in [9.17, 15) is 5.11 Å². The molecule has 0 spiro atoms. The number of aliphatic hydroxyl groups is 2. The number of hydrogen-bond donors (Lipinski definition) is 3. The standard InChI is InChI=1S/C7H15NO2/c8-5-7(10)3-1-6(9)2-4-7/h6,9-10H,1-5,8H2. The highest BCUT2D eigenvalue weighted by Gasteiger charge is 2.30. The van der Waals surface area contributed by atoms with Gasteiger partial charge in [-0.2, -0.15) is 0 Å². The minimum atomic E-state index is -0.681. The van der Waals surface area contributed by atoms with Crippen molar-refractivity contribution in [2.75, 3.05) is 6.54 Å². The van der Waals surface area contributed by atoms with E-state index in [1.807, 2.05) is 0 Å². The summed E-state index contributed by atoms with van der Waals surface area (Å²) in [5.74, 6) is 0. The van der Waals surface area contributed by atoms with Crippen molar-refractivity contribution < 1.29 is 10.2 Å². The van der Waals surface area contributed by atoms with Crippen molar-refractivity contribution in [1.29, 1.82) is 0 Å². The average molecular weight is 145 g/mol. The summed E-state index contributed by atoms with van der Waals surface area (Å²) in [5, 5.41) is 18.6. The van der Waals surface area contributed by atoms with Crippen molar-refractivity contribution in [2.24, 2.45) is 5.73 Å². The Balaban J connectivity index is 2.38. The van der Waals surface area contributed by atoms with Crippen LogP contribution in [0.1, 0.15) is 25.7 Å². The molecule has 0 aromatic heterocycles. The summed E-state index contributed by atoms with van der Waals surface area (Å²) in [4.78, 5) is 0. The maximum absolute atomic E-state index is 9.56. The molecular weight excluding hydrogens is 130 g/mol. The summed E-state index contributed by atoms with van der Waals surface area (Å²) in [6.07, 6.45) is 2.45. The van der Waals surface area contributed by atoms with Crippen LogP contribution in [0.2, 0.25) is 0 Å². The van der Waals surface area contributed by atoms with Crippen LogP contribution < -0.4 is 5.73 Å². The molecule has 0 saturated heterocycles. The number of aliphatic hydroxyl groups excluding tert-OH is 1. The fourth-order valence-electron chi connectivity index (χ4n) is 1.34. The Kier molecular flexibility index (Phi) is 2.28. The van der Waals surface area contributed by atoms with Gasteiger partial charge in [0.2, 0.25) is 0 Å². The molecule has 0 amide bonds. The second-order valence-corrected chi connectivity index (χ2v) is 3.16. The minimum Gasteiger partial charge on any atom is -0.393 e. The second kappa shape index (κ2) is 2.86. The summed E-state index contributed by atoms with van der Waals surface area (Å²) >= 11 is 0. The van der Waals surface area contributed by atoms with Crippen LogP contribution in [0.25, 0.3) is 0 Å². The van der Waals surface area contributed by atoms with Crippen LogP contribution in [0.15, 0.2) is 0 Å². The van der Waals surface area contributed by atoms with Crippen LogP contribution in [-0.4, -0.2) is 28.5 Å². The van der Waals surface area contributed by atoms with Gasteiger partial charge >= 0.3 is 0 Å². The van der Waals surface area contributed by atoms with Crippen LogP contribution in [0.3, 0.4) is 0 Å². The first-order chi connectivity index (χ1) is 4.66. The molecule has 0 radical (unpaired) electrons. The molecule has 1 saturated carbocycles. The van der Waals surface area contributed by atoms with Gasteiger partial charge in [0.25, 0.3) is 0 Å². The van der Waals surface area contributed by atoms with Crippen LogP contribution >= 0.6 is 0 Å². The molecule has 0 heterocycles. The number of hydrogen-bond acceptors (Lipinski definition) is 3. The van der Waals surface area contributed by atoms with Crippen LogP contribution in [0.5, 0.6) is 0 Å². The molecule has 0 bridgehead atoms. The quantitative estimate of drug-likeness (QED) is 0.471. The van der Waals surface area contributed by atoms with E-state index in [0.717, 1.165) is 0 Å². The first-order valence-electron chi connectivity index (χ1n) is 3.77. The molecule has 60 valence electrons. The predicted molar refractivity (Wildman–Crippen MR) is 38.5 cm³/mol. The first-order valence-corrected chi connectivity index (χ1v) is 3.77. The van der Waals surface area contributed by atoms with Crippen molar-refractivity contribution >= 4 is 0 Å². The molecule has 0 aromatic carbocycles. The average Bonchev–Trinajstić information content (AvgIpc) is 1.96. The van der Waals surface area contributed by atoms with Gasteiger partial charge in [-0.25, -0.2) is 0 Å². The highest BCUT2D eigenvalue weighted by atomic mass is 16.3. The summed E-state index contributed by atoms with van der Waals surface area (Å²) in [6, 6.07) is 0. The van der Waals surface area contributed by atoms with Crippen molar-refractivity contribution in [2.45, 2.75) is 37.4 Å². The van der Waals surface area contributed by atoms with Crippen molar-refractivity contribution in [3.05, 3.63) is 0 Å². The lowest BCUT2D eigenvalue weighted by Crippen LogP contribution is -2.42. The third kappa shape index (κ3) is 1.68. The number of rotatable bonds is 1. The van der Waals surface area contributed by atoms with Gasteiger partial charge in [0.1, 0.15) is 0 Å². The first kappa shape index (κ1) is 7.98. The van der Waals surface area contributed by atoms with E-state index in [1.54, 1.807) is 0 Å². The topological polar surface area (TPSA) is 66.5 Å². The monoisotopic (exact) mass is 145 g/mol. The molecule has 0 aromatic rings. The van der Waals surface area contributed by atoms with E-state index in [0.29, 0.717) is 32.2 Å². The Morgan fingerprint density at radius 3 is 2.30 bits per heavy atom. The summed E-state index contributed by atoms with van der Waals surface area (Å²) < 4.78 is 0. The molecule has 10 heavy (non-hydrogen) atoms. The molecule has 1 aliphatic carbocycles. The SMILES string of the molecule is NCC1(O)CCC(O)CC1. The maximum atomic E-state index is 9.56. The largest absolute Gasteiger partial charge is 0.393 e. The molecule has 3 heteroatoms. The molecule has 0 aliphatic heterocycles. The molecule has 3 nitrogen and oxygen atoms in total. The lowest BCUT2D eigenvalue weighted by atomic mass is 9.83. The highest BCUT2D eigenvalue weighted by Crippen LogP contribution is 2.26. The normalized spacial score (nSPS) is 41.7. The van der Waals surface area contributed by atoms with Crippen molar-refractivity contribution in [1.82, 2.24) is 0 Å². The zero-order valence-electron chi connectivity index (χ0n) is 6.08. The van der Waals surface area contributed by atoms with Crippen LogP contribution in [0.4, 0.5) is 0 Å². The number of nitrogens with two attached hydrogens (primary N) is 1. The van der Waals surface area contributed by atoms with Crippen molar-refractivity contribution in [3.63, 3.8) is 0 Å². The van der Waals surface area contributed by atoms with Gasteiger partial charge in [-0.3, -0.25) is 0 Å². The zero-order valence-corrected chi connectivity index (χ0v) is 6.08. The van der Waals surface area contributed by atoms with Gasteiger partial charge in [0, 0.05) is 6.54 Å². The van der Waals surface area contributed by atoms with Gasteiger partial charge in [0.05, 0.1) is 11.7 Å². The molecule has 1 rings (SSSR count). The van der Waals surface area contributed by atoms with Crippen molar-refractivity contribution in [3.8, 4) is 0 Å². The van der Waals surface area contributed by atoms with E-state index in [2.05, 4.69) is 0 Å². The van der Waals surface area contributed by atoms with Crippen LogP contribution in [0, 0.1) is 0 Å². The van der Waals surface area contributed by atoms with Gasteiger partial charge < -0.3 is 15.9 Å². The molecule has 4 N–H and O–H groups in total. The summed E-state index contributed by atoms with van der Waals surface area (Å²) in [6.45, 7) is 0.319. The fourth-order valence-corrected chi connectivity index (χ4v) is 1.34. The lowest BCUT2D eigenvalue weighted by Gasteiger charge is -2.32. The maximum Gasteiger partial charge on any atom is 0.0771 e. The Morgan fingerprint density at radius 2 is 1.90 bits per heavy atom. The summed E-state index contributed by atoms with van der Waals surface area (Å²) in [5.41, 5.74) is 4.67. The third-order valence-electron chi connectivity index (χ3n) is 2.27. The van der Waals surface area contributed by atoms with E-state index >= 15 is 0 Å². The highest BCUT2D eigenvalue weighted by molar-refractivity contribution is 4.85. The third-order valence-corrected chi connectivity index (χ3v) is 2.27. The van der Waals surface area contributed by atoms with E-state index in [-0.39, 0.29) is 6.10 Å². The molecule has 1 fully saturated rings. The van der Waals surface area contributed by atoms with Gasteiger partial charge in [0.15, 0.2) is 0 Å². The Morgan fingerprint density at radius 1 is 1.40 bits per heavy atom. The molecular formula is C7H15NO2. The predicted octanol–water partition coefficient (Wildman–Crippen LogP) is -0.389. The Labute approximate surface area is 60.9 Å². The van der Waals surface area contributed by atoms with Gasteiger partial charge in [-0.15, -0.1) is 0 Å². The van der Waals surface area contributed by atoms with Gasteiger partial charge in [-0.05, 0) is 25.7 Å². The minimum absolute atomic E-state index is 0.216. The molecule has 1 aliphatic rings. The Bertz CT molecular complexity index is 108. The summed E-state index contributed by atoms with van der Waals surface area (Å²) in [7, 11) is 0. The Hall–Kier alpha value is -0.120. The van der Waals surface area contributed by atoms with E-state index in [1.165, 1.54) is 0 Å².